The van der Waals surface area contributed by atoms with E-state index in [0.29, 0.717) is 70.7 Å². The van der Waals surface area contributed by atoms with Gasteiger partial charge in [0, 0.05) is 34.5 Å². The number of carbonyl (C=O) groups is 3. The molecule has 51 heavy (non-hydrogen) atoms. The molecule has 1 N–H and O–H groups in total. The van der Waals surface area contributed by atoms with Crippen molar-refractivity contribution in [2.75, 3.05) is 26.4 Å². The monoisotopic (exact) mass is 704 g/mol. The second kappa shape index (κ2) is 8.74. The van der Waals surface area contributed by atoms with E-state index < -0.39 is 52.2 Å². The molecule has 0 aromatic carbocycles. The summed E-state index contributed by atoms with van der Waals surface area (Å²) in [6, 6.07) is 0. The fourth-order valence-electron chi connectivity index (χ4n) is 17.0. The Morgan fingerprint density at radius 1 is 0.686 bits per heavy atom. The highest BCUT2D eigenvalue weighted by molar-refractivity contribution is 6.11. The lowest BCUT2D eigenvalue weighted by Crippen LogP contribution is -2.70. The van der Waals surface area contributed by atoms with Gasteiger partial charge in [-0.1, -0.05) is 13.8 Å². The molecule has 6 saturated heterocycles. The molecule has 0 aromatic rings. The number of hydrogen-bond acceptors (Lipinski definition) is 11. The van der Waals surface area contributed by atoms with Crippen molar-refractivity contribution in [1.29, 1.82) is 0 Å². The average Bonchev–Trinajstić information content (AvgIpc) is 3.94. The molecule has 18 atom stereocenters. The molecule has 7 aliphatic heterocycles. The van der Waals surface area contributed by atoms with Crippen molar-refractivity contribution in [2.45, 2.75) is 121 Å². The molecule has 11 heteroatoms. The van der Waals surface area contributed by atoms with Crippen LogP contribution in [0.3, 0.4) is 0 Å². The number of rotatable bonds is 0. The summed E-state index contributed by atoms with van der Waals surface area (Å²) in [6.07, 6.45) is 5.20. The van der Waals surface area contributed by atoms with Crippen molar-refractivity contribution < 1.29 is 52.6 Å². The summed E-state index contributed by atoms with van der Waals surface area (Å²) in [7, 11) is 0. The van der Waals surface area contributed by atoms with Crippen LogP contribution in [0.4, 0.5) is 0 Å². The first kappa shape index (κ1) is 30.3. The predicted molar refractivity (Wildman–Crippen MR) is 171 cm³/mol. The van der Waals surface area contributed by atoms with Crippen molar-refractivity contribution >= 4 is 17.7 Å². The van der Waals surface area contributed by atoms with Crippen LogP contribution in [0, 0.1) is 68.0 Å². The van der Waals surface area contributed by atoms with Crippen molar-refractivity contribution in [2.24, 2.45) is 68.0 Å². The average molecular weight is 705 g/mol. The van der Waals surface area contributed by atoms with Gasteiger partial charge in [-0.05, 0) is 98.9 Å². The lowest BCUT2D eigenvalue weighted by molar-refractivity contribution is -0.246. The lowest BCUT2D eigenvalue weighted by atomic mass is 9.44. The minimum atomic E-state index is -1.53. The van der Waals surface area contributed by atoms with Gasteiger partial charge in [0.1, 0.15) is 28.8 Å². The molecule has 274 valence electrons. The summed E-state index contributed by atoms with van der Waals surface area (Å²) in [5, 5.41) is 12.3. The molecule has 0 radical (unpaired) electrons. The van der Waals surface area contributed by atoms with Crippen molar-refractivity contribution in [3.63, 3.8) is 0 Å². The molecule has 11 nitrogen and oxygen atoms in total. The second-order valence-corrected chi connectivity index (χ2v) is 20.2. The third-order valence-corrected chi connectivity index (χ3v) is 18.6. The minimum Gasteiger partial charge on any atom is -0.482 e. The number of esters is 2. The van der Waals surface area contributed by atoms with Crippen molar-refractivity contribution in [3.8, 4) is 0 Å². The SMILES string of the molecule is C[C@]12CC[C@@H]3OC(=O)[C@@]45C[C@@H](C[C@@H](O)[C@H]4[C@]34COC(OC1)[C@H]24)[C@@]1(CCC2=C(O1)[C@]13C[C@H]2CC[C@H]1[C@]12CO[C@@H]4OC[C@](C)(CC[C@@H]1OC3=O)[C@@H]42)C5=O. The molecule has 5 saturated carbocycles. The molecule has 4 bridgehead atoms. The number of Topliss-reactive ketones (excluding diaryl/α,β-unsaturated/α-hetero) is 1. The fraction of sp³-hybridized carbons (Fsp3) is 0.875. The Hall–Kier alpha value is -2.05. The zero-order valence-corrected chi connectivity index (χ0v) is 29.5. The first-order valence-electron chi connectivity index (χ1n) is 20.0. The smallest absolute Gasteiger partial charge is 0.320 e. The van der Waals surface area contributed by atoms with Gasteiger partial charge in [-0.15, -0.1) is 0 Å². The third-order valence-electron chi connectivity index (χ3n) is 18.6. The van der Waals surface area contributed by atoms with E-state index in [4.69, 9.17) is 33.2 Å². The van der Waals surface area contributed by atoms with E-state index in [2.05, 4.69) is 13.8 Å². The van der Waals surface area contributed by atoms with Crippen LogP contribution in [0.2, 0.25) is 0 Å². The van der Waals surface area contributed by atoms with E-state index in [1.807, 2.05) is 0 Å². The Morgan fingerprint density at radius 2 is 1.31 bits per heavy atom. The Bertz CT molecular complexity index is 1780. The number of ketones is 1. The maximum atomic E-state index is 15.7. The highest BCUT2D eigenvalue weighted by atomic mass is 16.7. The third kappa shape index (κ3) is 2.87. The first-order chi connectivity index (χ1) is 24.5. The van der Waals surface area contributed by atoms with Gasteiger partial charge in [0.05, 0.1) is 32.5 Å². The summed E-state index contributed by atoms with van der Waals surface area (Å²) in [5.41, 5.74) is -4.01. The van der Waals surface area contributed by atoms with Crippen LogP contribution < -0.4 is 0 Å². The van der Waals surface area contributed by atoms with Crippen molar-refractivity contribution in [1.82, 2.24) is 0 Å². The molecular weight excluding hydrogens is 656 g/mol. The lowest BCUT2D eigenvalue weighted by Gasteiger charge is -2.61. The van der Waals surface area contributed by atoms with E-state index in [1.165, 1.54) is 5.57 Å². The summed E-state index contributed by atoms with van der Waals surface area (Å²) in [4.78, 5) is 45.0. The Kier molecular flexibility index (Phi) is 5.19. The highest BCUT2D eigenvalue weighted by Crippen LogP contribution is 2.78. The molecule has 0 aromatic heterocycles. The summed E-state index contributed by atoms with van der Waals surface area (Å²) in [6.45, 7) is 6.56. The van der Waals surface area contributed by atoms with E-state index in [-0.39, 0.29) is 70.0 Å². The molecular formula is C40H48O11. The first-order valence-corrected chi connectivity index (χ1v) is 20.0. The van der Waals surface area contributed by atoms with E-state index >= 15 is 4.79 Å². The predicted octanol–water partition coefficient (Wildman–Crippen LogP) is 3.59. The van der Waals surface area contributed by atoms with Crippen LogP contribution in [-0.2, 0) is 47.5 Å². The molecule has 6 aliphatic carbocycles. The van der Waals surface area contributed by atoms with Crippen LogP contribution in [0.1, 0.15) is 84.5 Å². The Morgan fingerprint density at radius 3 is 2.04 bits per heavy atom. The molecule has 11 fully saturated rings. The molecule has 5 spiro atoms. The summed E-state index contributed by atoms with van der Waals surface area (Å²) < 4.78 is 45.8. The van der Waals surface area contributed by atoms with Gasteiger partial charge in [0.2, 0.25) is 0 Å². The number of fused-ring (bicyclic) bond motifs is 4. The van der Waals surface area contributed by atoms with Gasteiger partial charge >= 0.3 is 11.9 Å². The highest BCUT2D eigenvalue weighted by Gasteiger charge is 2.85. The zero-order chi connectivity index (χ0) is 34.3. The number of hydrogen-bond donors (Lipinski definition) is 1. The topological polar surface area (TPSA) is 136 Å². The maximum absolute atomic E-state index is 15.7. The van der Waals surface area contributed by atoms with Crippen molar-refractivity contribution in [3.05, 3.63) is 11.3 Å². The summed E-state index contributed by atoms with van der Waals surface area (Å²) in [5.74, 6) is -1.10. The van der Waals surface area contributed by atoms with Gasteiger partial charge in [0.15, 0.2) is 24.0 Å². The number of carbonyl (C=O) groups excluding carboxylic acids is 3. The van der Waals surface area contributed by atoms with Gasteiger partial charge in [-0.3, -0.25) is 14.4 Å². The Labute approximate surface area is 296 Å². The number of aliphatic hydroxyl groups is 1. The number of allylic oxidation sites excluding steroid dienone is 1. The largest absolute Gasteiger partial charge is 0.482 e. The van der Waals surface area contributed by atoms with Crippen LogP contribution in [0.15, 0.2) is 11.3 Å². The standard InChI is InChI=1S/C40H48O11/c1-34-8-6-23-38(16-47-29(26(34)38)45-14-34)22-4-3-18-12-36(22,32(43)49-23)28-20(18)5-10-40(51-28)19-11-21(41)25-37(13-19,31(40)42)33(44)50-24-7-9-35(2)15-46-30-27(35)39(24,25)17-48-30/h18-19,21-27,29-30,41H,3-17H2,1-2H3/t18-,19-,21-,22-,23+,24+,25-,26-,27-,29+,30?,34+,35+,36+,37+,38-,39+,40+/m1/s1. The van der Waals surface area contributed by atoms with Crippen LogP contribution in [0.25, 0.3) is 0 Å². The van der Waals surface area contributed by atoms with E-state index in [0.717, 1.165) is 32.1 Å². The van der Waals surface area contributed by atoms with Crippen LogP contribution >= 0.6 is 0 Å². The molecule has 1 unspecified atom stereocenters. The van der Waals surface area contributed by atoms with E-state index in [9.17, 15) is 14.7 Å². The van der Waals surface area contributed by atoms with E-state index in [1.54, 1.807) is 0 Å². The Balaban J connectivity index is 0.934. The van der Waals surface area contributed by atoms with Gasteiger partial charge in [0.25, 0.3) is 0 Å². The maximum Gasteiger partial charge on any atom is 0.320 e. The fourth-order valence-corrected chi connectivity index (χ4v) is 17.0. The molecule has 13 aliphatic rings. The minimum absolute atomic E-state index is 0.0478. The zero-order valence-electron chi connectivity index (χ0n) is 29.5. The van der Waals surface area contributed by atoms with Crippen LogP contribution in [-0.4, -0.2) is 85.7 Å². The normalized spacial score (nSPS) is 63.4. The molecule has 7 heterocycles. The number of aliphatic hydroxyl groups excluding tert-OH is 1. The van der Waals surface area contributed by atoms with Gasteiger partial charge in [-0.2, -0.15) is 0 Å². The van der Waals surface area contributed by atoms with Crippen LogP contribution in [0.5, 0.6) is 0 Å². The second-order valence-electron chi connectivity index (χ2n) is 20.2. The summed E-state index contributed by atoms with van der Waals surface area (Å²) >= 11 is 0. The van der Waals surface area contributed by atoms with Gasteiger partial charge in [-0.25, -0.2) is 0 Å². The van der Waals surface area contributed by atoms with Gasteiger partial charge < -0.3 is 38.3 Å². The number of ether oxygens (including phenoxy) is 7. The molecule has 0 amide bonds. The quantitative estimate of drug-likeness (QED) is 0.293. The molecule has 13 rings (SSSR count).